The van der Waals surface area contributed by atoms with E-state index in [1.54, 1.807) is 16.6 Å². The van der Waals surface area contributed by atoms with E-state index in [1.165, 1.54) is 31.9 Å². The highest BCUT2D eigenvalue weighted by molar-refractivity contribution is 9.10. The zero-order chi connectivity index (χ0) is 14.9. The van der Waals surface area contributed by atoms with Crippen molar-refractivity contribution in [3.05, 3.63) is 22.9 Å². The first-order valence-electron chi connectivity index (χ1n) is 7.42. The largest absolute Gasteiger partial charge is 0.298 e. The highest BCUT2D eigenvalue weighted by atomic mass is 79.9. The van der Waals surface area contributed by atoms with E-state index >= 15 is 0 Å². The van der Waals surface area contributed by atoms with Gasteiger partial charge in [0.2, 0.25) is 10.0 Å². The van der Waals surface area contributed by atoms with Crippen LogP contribution in [0.4, 0.5) is 0 Å². The number of sulfonamides is 1. The Kier molecular flexibility index (Phi) is 4.63. The first-order valence-corrected chi connectivity index (χ1v) is 9.65. The van der Waals surface area contributed by atoms with Gasteiger partial charge in [-0.1, -0.05) is 12.8 Å². The molecule has 0 amide bonds. The van der Waals surface area contributed by atoms with E-state index in [4.69, 9.17) is 0 Å². The Labute approximate surface area is 134 Å². The average Bonchev–Trinajstić information content (AvgIpc) is 3.02. The molecule has 0 N–H and O–H groups in total. The summed E-state index contributed by atoms with van der Waals surface area (Å²) in [6.45, 7) is 2.83. The lowest BCUT2D eigenvalue weighted by atomic mass is 10.2. The summed E-state index contributed by atoms with van der Waals surface area (Å²) in [4.78, 5) is 6.69. The van der Waals surface area contributed by atoms with Crippen LogP contribution in [-0.2, 0) is 10.0 Å². The SMILES string of the molecule is O=S(=O)(c1cncc(Br)c1)N1CCN(C2CCCC2)CC1. The lowest BCUT2D eigenvalue weighted by Crippen LogP contribution is -2.51. The van der Waals surface area contributed by atoms with Crippen LogP contribution in [0.3, 0.4) is 0 Å². The molecule has 0 spiro atoms. The fourth-order valence-corrected chi connectivity index (χ4v) is 5.19. The third kappa shape index (κ3) is 3.31. The highest BCUT2D eigenvalue weighted by Crippen LogP contribution is 2.26. The number of nitrogens with zero attached hydrogens (tertiary/aromatic N) is 3. The predicted molar refractivity (Wildman–Crippen MR) is 84.5 cm³/mol. The maximum absolute atomic E-state index is 12.6. The smallest absolute Gasteiger partial charge is 0.244 e. The molecular formula is C14H20BrN3O2S. The minimum absolute atomic E-state index is 0.270. The number of halogens is 1. The van der Waals surface area contributed by atoms with Crippen LogP contribution in [0.2, 0.25) is 0 Å². The third-order valence-corrected chi connectivity index (χ3v) is 6.73. The molecule has 1 aromatic rings. The summed E-state index contributed by atoms with van der Waals surface area (Å²) in [6.07, 6.45) is 8.17. The monoisotopic (exact) mass is 373 g/mol. The quantitative estimate of drug-likeness (QED) is 0.813. The van der Waals surface area contributed by atoms with E-state index < -0.39 is 10.0 Å². The van der Waals surface area contributed by atoms with Crippen molar-refractivity contribution in [2.75, 3.05) is 26.2 Å². The summed E-state index contributed by atoms with van der Waals surface area (Å²) in [5.74, 6) is 0. The molecule has 116 valence electrons. The molecule has 0 unspecified atom stereocenters. The topological polar surface area (TPSA) is 53.5 Å². The molecule has 21 heavy (non-hydrogen) atoms. The molecule has 0 bridgehead atoms. The molecule has 0 radical (unpaired) electrons. The highest BCUT2D eigenvalue weighted by Gasteiger charge is 2.32. The van der Waals surface area contributed by atoms with Crippen LogP contribution < -0.4 is 0 Å². The molecule has 0 aromatic carbocycles. The maximum Gasteiger partial charge on any atom is 0.244 e. The molecule has 7 heteroatoms. The Balaban J connectivity index is 1.68. The van der Waals surface area contributed by atoms with E-state index in [1.807, 2.05) is 0 Å². The molecule has 1 saturated heterocycles. The van der Waals surface area contributed by atoms with Crippen molar-refractivity contribution in [2.24, 2.45) is 0 Å². The standard InChI is InChI=1S/C14H20BrN3O2S/c15-12-9-14(11-16-10-12)21(19,20)18-7-5-17(6-8-18)13-3-1-2-4-13/h9-11,13H,1-8H2. The van der Waals surface area contributed by atoms with Gasteiger partial charge in [-0.2, -0.15) is 4.31 Å². The van der Waals surface area contributed by atoms with Gasteiger partial charge in [0.25, 0.3) is 0 Å². The van der Waals surface area contributed by atoms with Crippen LogP contribution in [0.15, 0.2) is 27.8 Å². The van der Waals surface area contributed by atoms with E-state index in [-0.39, 0.29) is 4.90 Å². The van der Waals surface area contributed by atoms with Gasteiger partial charge >= 0.3 is 0 Å². The van der Waals surface area contributed by atoms with Gasteiger partial charge in [-0.3, -0.25) is 9.88 Å². The second-order valence-corrected chi connectivity index (χ2v) is 8.57. The average molecular weight is 374 g/mol. The summed E-state index contributed by atoms with van der Waals surface area (Å²) in [6, 6.07) is 2.29. The van der Waals surface area contributed by atoms with E-state index in [9.17, 15) is 8.42 Å². The molecular weight excluding hydrogens is 354 g/mol. The number of aromatic nitrogens is 1. The van der Waals surface area contributed by atoms with Crippen molar-refractivity contribution >= 4 is 26.0 Å². The summed E-state index contributed by atoms with van der Waals surface area (Å²) in [5.41, 5.74) is 0. The first kappa shape index (κ1) is 15.4. The summed E-state index contributed by atoms with van der Waals surface area (Å²) < 4.78 is 27.5. The molecule has 3 rings (SSSR count). The van der Waals surface area contributed by atoms with Gasteiger partial charge in [-0.05, 0) is 34.8 Å². The van der Waals surface area contributed by atoms with Crippen molar-refractivity contribution < 1.29 is 8.42 Å². The van der Waals surface area contributed by atoms with E-state index in [0.717, 1.165) is 13.1 Å². The lowest BCUT2D eigenvalue weighted by Gasteiger charge is -2.37. The van der Waals surface area contributed by atoms with Crippen molar-refractivity contribution in [1.82, 2.24) is 14.2 Å². The minimum atomic E-state index is -3.42. The van der Waals surface area contributed by atoms with Crippen LogP contribution in [0.25, 0.3) is 0 Å². The second-order valence-electron chi connectivity index (χ2n) is 5.72. The Morgan fingerprint density at radius 3 is 2.38 bits per heavy atom. The van der Waals surface area contributed by atoms with Gasteiger partial charge in [0.1, 0.15) is 4.90 Å². The molecule has 1 aromatic heterocycles. The summed E-state index contributed by atoms with van der Waals surface area (Å²) in [5, 5.41) is 0. The second kappa shape index (κ2) is 6.32. The number of hydrogen-bond donors (Lipinski definition) is 0. The van der Waals surface area contributed by atoms with E-state index in [2.05, 4.69) is 25.8 Å². The molecule has 0 atom stereocenters. The van der Waals surface area contributed by atoms with Crippen LogP contribution in [0.1, 0.15) is 25.7 Å². The van der Waals surface area contributed by atoms with Crippen LogP contribution >= 0.6 is 15.9 Å². The van der Waals surface area contributed by atoms with E-state index in [0.29, 0.717) is 23.6 Å². The van der Waals surface area contributed by atoms with Gasteiger partial charge in [-0.15, -0.1) is 0 Å². The van der Waals surface area contributed by atoms with Crippen molar-refractivity contribution in [1.29, 1.82) is 0 Å². The zero-order valence-corrected chi connectivity index (χ0v) is 14.3. The fraction of sp³-hybridized carbons (Fsp3) is 0.643. The first-order chi connectivity index (χ1) is 10.1. The Bertz CT molecular complexity index is 594. The van der Waals surface area contributed by atoms with Crippen molar-refractivity contribution in [3.8, 4) is 0 Å². The van der Waals surface area contributed by atoms with Gasteiger partial charge < -0.3 is 0 Å². The molecule has 2 fully saturated rings. The van der Waals surface area contributed by atoms with Crippen LogP contribution in [0, 0.1) is 0 Å². The normalized spacial score (nSPS) is 22.7. The lowest BCUT2D eigenvalue weighted by molar-refractivity contribution is 0.139. The third-order valence-electron chi connectivity index (χ3n) is 4.43. The van der Waals surface area contributed by atoms with Gasteiger partial charge in [0.15, 0.2) is 0 Å². The molecule has 1 aliphatic carbocycles. The van der Waals surface area contributed by atoms with Gasteiger partial charge in [0, 0.05) is 49.1 Å². The summed E-state index contributed by atoms with van der Waals surface area (Å²) in [7, 11) is -3.42. The summed E-state index contributed by atoms with van der Waals surface area (Å²) >= 11 is 3.28. The minimum Gasteiger partial charge on any atom is -0.298 e. The number of rotatable bonds is 3. The molecule has 1 saturated carbocycles. The zero-order valence-electron chi connectivity index (χ0n) is 11.9. The maximum atomic E-state index is 12.6. The van der Waals surface area contributed by atoms with Crippen molar-refractivity contribution in [3.63, 3.8) is 0 Å². The van der Waals surface area contributed by atoms with Crippen LogP contribution in [-0.4, -0.2) is 54.8 Å². The van der Waals surface area contributed by atoms with Gasteiger partial charge in [0.05, 0.1) is 0 Å². The molecule has 1 aliphatic heterocycles. The molecule has 5 nitrogen and oxygen atoms in total. The Hall–Kier alpha value is -0.500. The number of hydrogen-bond acceptors (Lipinski definition) is 4. The Morgan fingerprint density at radius 2 is 1.76 bits per heavy atom. The number of pyridine rings is 1. The molecule has 2 aliphatic rings. The fourth-order valence-electron chi connectivity index (χ4n) is 3.26. The van der Waals surface area contributed by atoms with Gasteiger partial charge in [-0.25, -0.2) is 8.42 Å². The Morgan fingerprint density at radius 1 is 1.10 bits per heavy atom. The predicted octanol–water partition coefficient (Wildman–Crippen LogP) is 2.09. The van der Waals surface area contributed by atoms with Crippen LogP contribution in [0.5, 0.6) is 0 Å². The number of piperazine rings is 1. The van der Waals surface area contributed by atoms with Crippen molar-refractivity contribution in [2.45, 2.75) is 36.6 Å². The molecule has 2 heterocycles.